The predicted octanol–water partition coefficient (Wildman–Crippen LogP) is 3.48. The lowest BCUT2D eigenvalue weighted by Crippen LogP contribution is -2.43. The molecule has 0 aliphatic rings. The molecule has 0 radical (unpaired) electrons. The highest BCUT2D eigenvalue weighted by molar-refractivity contribution is 6.37. The molecular weight excluding hydrogens is 543 g/mol. The number of carbonyl (C=O) groups excluding carboxylic acids is 1. The van der Waals surface area contributed by atoms with Crippen LogP contribution >= 0.6 is 23.2 Å². The van der Waals surface area contributed by atoms with E-state index in [0.29, 0.717) is 14.8 Å². The second-order valence-electron chi connectivity index (χ2n) is 9.11. The first-order chi connectivity index (χ1) is 17.7. The molecule has 3 aromatic rings. The summed E-state index contributed by atoms with van der Waals surface area (Å²) < 4.78 is 16.7. The molecule has 1 N–H and O–H groups in total. The third-order valence-electron chi connectivity index (χ3n) is 4.73. The highest BCUT2D eigenvalue weighted by Crippen LogP contribution is 2.37. The monoisotopic (exact) mass is 564 g/mol. The zero-order chi connectivity index (χ0) is 28.4. The molecule has 0 atom stereocenters. The van der Waals surface area contributed by atoms with Crippen LogP contribution in [-0.4, -0.2) is 36.3 Å². The van der Waals surface area contributed by atoms with Gasteiger partial charge in [0.25, 0.3) is 11.1 Å². The summed E-state index contributed by atoms with van der Waals surface area (Å²) in [6.45, 7) is 7.60. The smallest absolute Gasteiger partial charge is 0.434 e. The number of carbonyl (C=O) groups is 1. The van der Waals surface area contributed by atoms with Crippen LogP contribution in [0.2, 0.25) is 10.0 Å². The number of hydrogen-bond acceptors (Lipinski definition) is 10. The quantitative estimate of drug-likeness (QED) is 0.436. The number of aromatic nitrogens is 5. The minimum Gasteiger partial charge on any atom is -0.434 e. The third-order valence-corrected chi connectivity index (χ3v) is 5.29. The molecule has 2 heterocycles. The van der Waals surface area contributed by atoms with Crippen LogP contribution in [0.3, 0.4) is 0 Å². The molecule has 0 fully saturated rings. The maximum absolute atomic E-state index is 13.0. The van der Waals surface area contributed by atoms with Gasteiger partial charge in [-0.2, -0.15) is 9.94 Å². The van der Waals surface area contributed by atoms with Crippen molar-refractivity contribution in [1.29, 1.82) is 5.26 Å². The van der Waals surface area contributed by atoms with E-state index in [1.54, 1.807) is 26.8 Å². The first-order valence-corrected chi connectivity index (χ1v) is 11.7. The van der Waals surface area contributed by atoms with Crippen LogP contribution < -0.4 is 21.5 Å². The van der Waals surface area contributed by atoms with Crippen LogP contribution in [0, 0.1) is 11.3 Å². The van der Waals surface area contributed by atoms with Gasteiger partial charge in [-0.1, -0.05) is 37.0 Å². The molecule has 13 nitrogen and oxygen atoms in total. The number of nitriles is 1. The van der Waals surface area contributed by atoms with Gasteiger partial charge in [0, 0.05) is 11.6 Å². The number of H-pyrrole nitrogens is 1. The second kappa shape index (κ2) is 11.1. The summed E-state index contributed by atoms with van der Waals surface area (Å²) in [6, 6.07) is 5.52. The molecule has 0 saturated heterocycles. The van der Waals surface area contributed by atoms with Crippen LogP contribution in [0.4, 0.5) is 4.79 Å². The number of halogens is 2. The van der Waals surface area contributed by atoms with Crippen molar-refractivity contribution >= 4 is 29.4 Å². The molecule has 0 unspecified atom stereocenters. The van der Waals surface area contributed by atoms with Crippen LogP contribution in [0.1, 0.15) is 51.8 Å². The maximum atomic E-state index is 13.0. The van der Waals surface area contributed by atoms with Gasteiger partial charge in [0.05, 0.1) is 15.7 Å². The fourth-order valence-electron chi connectivity index (χ4n) is 3.02. The van der Waals surface area contributed by atoms with E-state index in [2.05, 4.69) is 15.3 Å². The molecule has 2 aromatic heterocycles. The fraction of sp³-hybridized carbons (Fsp3) is 0.348. The third kappa shape index (κ3) is 6.39. The Morgan fingerprint density at radius 2 is 1.79 bits per heavy atom. The van der Waals surface area contributed by atoms with Crippen molar-refractivity contribution in [2.24, 2.45) is 0 Å². The first kappa shape index (κ1) is 28.4. The van der Waals surface area contributed by atoms with Crippen molar-refractivity contribution in [3.8, 4) is 23.4 Å². The number of rotatable bonds is 6. The van der Waals surface area contributed by atoms with Crippen molar-refractivity contribution < 1.29 is 19.0 Å². The van der Waals surface area contributed by atoms with Crippen molar-refractivity contribution in [2.45, 2.75) is 52.9 Å². The maximum Gasteiger partial charge on any atom is 0.510 e. The Kier molecular flexibility index (Phi) is 8.28. The molecule has 15 heteroatoms. The van der Waals surface area contributed by atoms with E-state index in [0.717, 1.165) is 0 Å². The summed E-state index contributed by atoms with van der Waals surface area (Å²) in [6.07, 6.45) is -1.13. The number of nitrogens with zero attached hydrogens (tertiary/aromatic N) is 5. The summed E-state index contributed by atoms with van der Waals surface area (Å²) >= 11 is 12.7. The van der Waals surface area contributed by atoms with E-state index >= 15 is 0 Å². The molecule has 3 rings (SSSR count). The van der Waals surface area contributed by atoms with Crippen molar-refractivity contribution in [3.63, 3.8) is 0 Å². The van der Waals surface area contributed by atoms with E-state index in [9.17, 15) is 24.4 Å². The largest absolute Gasteiger partial charge is 0.510 e. The van der Waals surface area contributed by atoms with Gasteiger partial charge >= 0.3 is 11.8 Å². The summed E-state index contributed by atoms with van der Waals surface area (Å²) in [7, 11) is 0. The Labute approximate surface area is 225 Å². The molecular formula is C23H22Cl2N6O7. The molecule has 0 saturated carbocycles. The van der Waals surface area contributed by atoms with Gasteiger partial charge in [-0.3, -0.25) is 9.59 Å². The topological polar surface area (TPSA) is 171 Å². The molecule has 0 bridgehead atoms. The van der Waals surface area contributed by atoms with Crippen molar-refractivity contribution in [1.82, 2.24) is 24.5 Å². The Morgan fingerprint density at radius 3 is 2.34 bits per heavy atom. The number of aromatic amines is 1. The number of ether oxygens (including phenoxy) is 3. The van der Waals surface area contributed by atoms with Crippen molar-refractivity contribution in [2.75, 3.05) is 0 Å². The summed E-state index contributed by atoms with van der Waals surface area (Å²) in [5, 5.41) is 19.1. The zero-order valence-corrected chi connectivity index (χ0v) is 22.4. The highest BCUT2D eigenvalue weighted by Gasteiger charge is 2.21. The van der Waals surface area contributed by atoms with Gasteiger partial charge in [-0.05, 0) is 38.8 Å². The summed E-state index contributed by atoms with van der Waals surface area (Å²) in [4.78, 5) is 49.4. The Bertz CT molecular complexity index is 1590. The minimum atomic E-state index is -1.13. The highest BCUT2D eigenvalue weighted by atomic mass is 35.5. The van der Waals surface area contributed by atoms with Gasteiger partial charge in [0.1, 0.15) is 11.7 Å². The average Bonchev–Trinajstić information content (AvgIpc) is 2.81. The first-order valence-electron chi connectivity index (χ1n) is 11.0. The molecule has 0 amide bonds. The van der Waals surface area contributed by atoms with Gasteiger partial charge in [-0.25, -0.2) is 19.3 Å². The van der Waals surface area contributed by atoms with Crippen LogP contribution in [0.5, 0.6) is 11.6 Å². The molecule has 38 heavy (non-hydrogen) atoms. The second-order valence-corrected chi connectivity index (χ2v) is 9.93. The Hall–Kier alpha value is -4.15. The normalized spacial score (nSPS) is 11.2. The Balaban J connectivity index is 2.01. The van der Waals surface area contributed by atoms with Crippen LogP contribution in [0.15, 0.2) is 32.6 Å². The Morgan fingerprint density at radius 1 is 1.16 bits per heavy atom. The lowest BCUT2D eigenvalue weighted by atomic mass is 10.1. The van der Waals surface area contributed by atoms with Gasteiger partial charge < -0.3 is 14.2 Å². The molecule has 200 valence electrons. The van der Waals surface area contributed by atoms with E-state index < -0.39 is 35.4 Å². The lowest BCUT2D eigenvalue weighted by molar-refractivity contribution is -0.0217. The lowest BCUT2D eigenvalue weighted by Gasteiger charge is -2.19. The van der Waals surface area contributed by atoms with Crippen LogP contribution in [0.25, 0.3) is 5.69 Å². The summed E-state index contributed by atoms with van der Waals surface area (Å²) in [5.41, 5.74) is -3.65. The van der Waals surface area contributed by atoms with E-state index in [-0.39, 0.29) is 38.8 Å². The van der Waals surface area contributed by atoms with E-state index in [4.69, 9.17) is 37.4 Å². The van der Waals surface area contributed by atoms with Gasteiger partial charge in [0.2, 0.25) is 11.6 Å². The fourth-order valence-corrected chi connectivity index (χ4v) is 3.57. The number of nitrogens with one attached hydrogen (secondary N) is 1. The standard InChI is InChI=1S/C23H22Cl2N6O7/c1-11(2)13-8-17(27-28-19(13)32)37-18-14(24)6-12(7-15(18)25)31-21(34)30(20(33)16(9-26)29-31)10-36-22(35)38-23(3,4)5/h6-8,11H,10H2,1-5H3,(H,28,32). The van der Waals surface area contributed by atoms with E-state index in [1.807, 2.05) is 13.8 Å². The number of hydrogen-bond donors (Lipinski definition) is 1. The van der Waals surface area contributed by atoms with Gasteiger partial charge in [-0.15, -0.1) is 10.2 Å². The predicted molar refractivity (Wildman–Crippen MR) is 135 cm³/mol. The van der Waals surface area contributed by atoms with Crippen molar-refractivity contribution in [3.05, 3.63) is 70.7 Å². The van der Waals surface area contributed by atoms with E-state index in [1.165, 1.54) is 18.2 Å². The minimum absolute atomic E-state index is 0.0137. The molecule has 0 spiro atoms. The average molecular weight is 565 g/mol. The molecule has 0 aliphatic heterocycles. The van der Waals surface area contributed by atoms with Gasteiger partial charge in [0.15, 0.2) is 12.5 Å². The zero-order valence-electron chi connectivity index (χ0n) is 20.9. The number of benzene rings is 1. The summed E-state index contributed by atoms with van der Waals surface area (Å²) in [5.74, 6) is -0.138. The molecule has 0 aliphatic carbocycles. The molecule has 1 aromatic carbocycles. The SMILES string of the molecule is CC(C)c1cc(Oc2c(Cl)cc(-n3nc(C#N)c(=O)n(COC(=O)OC(C)(C)C)c3=O)cc2Cl)n[nH]c1=O. The van der Waals surface area contributed by atoms with Crippen LogP contribution in [-0.2, 0) is 16.2 Å².